The van der Waals surface area contributed by atoms with Crippen molar-refractivity contribution in [2.45, 2.75) is 38.1 Å². The molecule has 0 radical (unpaired) electrons. The maximum atomic E-state index is 13.7. The molecule has 0 aliphatic carbocycles. The Balaban J connectivity index is 1.93. The first-order valence-electron chi connectivity index (χ1n) is 12.5. The molecule has 0 fully saturated rings. The molecule has 202 valence electrons. The van der Waals surface area contributed by atoms with Gasteiger partial charge in [0.15, 0.2) is 0 Å². The summed E-state index contributed by atoms with van der Waals surface area (Å²) in [5, 5.41) is 2.86. The third kappa shape index (κ3) is 7.64. The zero-order valence-electron chi connectivity index (χ0n) is 21.9. The quantitative estimate of drug-likeness (QED) is 0.373. The summed E-state index contributed by atoms with van der Waals surface area (Å²) in [6.45, 7) is 5.74. The minimum atomic E-state index is -4.22. The van der Waals surface area contributed by atoms with E-state index in [1.54, 1.807) is 37.3 Å². The highest BCUT2D eigenvalue weighted by Gasteiger charge is 2.32. The van der Waals surface area contributed by atoms with Crippen molar-refractivity contribution in [3.8, 4) is 0 Å². The molecule has 3 aromatic rings. The Morgan fingerprint density at radius 2 is 1.45 bits per heavy atom. The molecule has 2 amide bonds. The van der Waals surface area contributed by atoms with E-state index in [2.05, 4.69) is 5.32 Å². The minimum absolute atomic E-state index is 0.144. The second-order valence-electron chi connectivity index (χ2n) is 9.44. The Bertz CT molecular complexity index is 1300. The summed E-state index contributed by atoms with van der Waals surface area (Å²) in [5.41, 5.74) is 1.27. The van der Waals surface area contributed by atoms with Crippen molar-refractivity contribution in [3.63, 3.8) is 0 Å². The van der Waals surface area contributed by atoms with Crippen LogP contribution in [0.25, 0.3) is 0 Å². The highest BCUT2D eigenvalue weighted by Crippen LogP contribution is 2.24. The fraction of sp³-hybridized carbons (Fsp3) is 0.310. The number of benzene rings is 3. The summed E-state index contributed by atoms with van der Waals surface area (Å²) in [5.74, 6) is -1.18. The Morgan fingerprint density at radius 3 is 2.03 bits per heavy atom. The van der Waals surface area contributed by atoms with Gasteiger partial charge in [-0.2, -0.15) is 0 Å². The van der Waals surface area contributed by atoms with Crippen LogP contribution < -0.4 is 9.62 Å². The SMILES string of the molecule is CC(C)CNC(=O)[C@H](C)N(CCc1ccccc1)C(=O)CN(c1ccccc1)S(=O)(=O)c1ccc(F)cc1. The molecule has 38 heavy (non-hydrogen) atoms. The fourth-order valence-electron chi connectivity index (χ4n) is 3.88. The molecule has 0 aliphatic heterocycles. The summed E-state index contributed by atoms with van der Waals surface area (Å²) >= 11 is 0. The molecule has 0 spiro atoms. The van der Waals surface area contributed by atoms with Gasteiger partial charge in [-0.1, -0.05) is 62.4 Å². The van der Waals surface area contributed by atoms with Crippen LogP contribution in [0.1, 0.15) is 26.3 Å². The summed E-state index contributed by atoms with van der Waals surface area (Å²) < 4.78 is 41.7. The number of carbonyl (C=O) groups excluding carboxylic acids is 2. The number of para-hydroxylation sites is 1. The van der Waals surface area contributed by atoms with Crippen molar-refractivity contribution in [1.82, 2.24) is 10.2 Å². The van der Waals surface area contributed by atoms with E-state index in [1.165, 1.54) is 17.0 Å². The van der Waals surface area contributed by atoms with Crippen LogP contribution in [0, 0.1) is 11.7 Å². The third-order valence-electron chi connectivity index (χ3n) is 6.06. The molecule has 0 aromatic heterocycles. The lowest BCUT2D eigenvalue weighted by Crippen LogP contribution is -2.52. The van der Waals surface area contributed by atoms with Gasteiger partial charge in [-0.3, -0.25) is 13.9 Å². The highest BCUT2D eigenvalue weighted by molar-refractivity contribution is 7.92. The molecule has 0 bridgehead atoms. The number of sulfonamides is 1. The number of halogens is 1. The number of amides is 2. The summed E-state index contributed by atoms with van der Waals surface area (Å²) in [6, 6.07) is 21.4. The zero-order valence-corrected chi connectivity index (χ0v) is 22.7. The lowest BCUT2D eigenvalue weighted by Gasteiger charge is -2.32. The first kappa shape index (κ1) is 28.8. The van der Waals surface area contributed by atoms with Crippen LogP contribution in [0.3, 0.4) is 0 Å². The van der Waals surface area contributed by atoms with Crippen molar-refractivity contribution in [3.05, 3.63) is 96.3 Å². The van der Waals surface area contributed by atoms with Gasteiger partial charge >= 0.3 is 0 Å². The number of nitrogens with one attached hydrogen (secondary N) is 1. The van der Waals surface area contributed by atoms with Gasteiger partial charge in [0.2, 0.25) is 11.8 Å². The fourth-order valence-corrected chi connectivity index (χ4v) is 5.29. The van der Waals surface area contributed by atoms with E-state index in [-0.39, 0.29) is 29.0 Å². The molecule has 9 heteroatoms. The monoisotopic (exact) mass is 539 g/mol. The van der Waals surface area contributed by atoms with E-state index in [0.29, 0.717) is 13.0 Å². The summed E-state index contributed by atoms with van der Waals surface area (Å²) in [7, 11) is -4.22. The summed E-state index contributed by atoms with van der Waals surface area (Å²) in [6.07, 6.45) is 0.491. The number of anilines is 1. The average Bonchev–Trinajstić information content (AvgIpc) is 2.91. The third-order valence-corrected chi connectivity index (χ3v) is 7.85. The molecule has 0 unspecified atom stereocenters. The molecule has 0 aliphatic rings. The van der Waals surface area contributed by atoms with Crippen molar-refractivity contribution in [1.29, 1.82) is 0 Å². The molecule has 7 nitrogen and oxygen atoms in total. The Hall–Kier alpha value is -3.72. The predicted molar refractivity (Wildman–Crippen MR) is 147 cm³/mol. The topological polar surface area (TPSA) is 86.8 Å². The highest BCUT2D eigenvalue weighted by atomic mass is 32.2. The molecule has 1 N–H and O–H groups in total. The first-order valence-corrected chi connectivity index (χ1v) is 14.0. The van der Waals surface area contributed by atoms with Gasteiger partial charge < -0.3 is 10.2 Å². The van der Waals surface area contributed by atoms with Gasteiger partial charge in [0.25, 0.3) is 10.0 Å². The van der Waals surface area contributed by atoms with E-state index < -0.39 is 34.3 Å². The smallest absolute Gasteiger partial charge is 0.264 e. The number of nitrogens with zero attached hydrogens (tertiary/aromatic N) is 2. The van der Waals surface area contributed by atoms with Crippen LogP contribution >= 0.6 is 0 Å². The van der Waals surface area contributed by atoms with Gasteiger partial charge in [0.1, 0.15) is 18.4 Å². The maximum absolute atomic E-state index is 13.7. The molecule has 1 atom stereocenters. The Morgan fingerprint density at radius 1 is 0.868 bits per heavy atom. The van der Waals surface area contributed by atoms with Crippen LogP contribution in [-0.4, -0.2) is 50.8 Å². The van der Waals surface area contributed by atoms with Crippen molar-refractivity contribution >= 4 is 27.5 Å². The maximum Gasteiger partial charge on any atom is 0.264 e. The normalized spacial score (nSPS) is 12.1. The van der Waals surface area contributed by atoms with Gasteiger partial charge in [-0.05, 0) is 61.2 Å². The zero-order chi connectivity index (χ0) is 27.7. The van der Waals surface area contributed by atoms with Crippen molar-refractivity contribution in [2.75, 3.05) is 23.9 Å². The Kier molecular flexibility index (Phi) is 10.0. The standard InChI is InChI=1S/C29H34FN3O4S/c1-22(2)20-31-29(35)23(3)32(19-18-24-10-6-4-7-11-24)28(34)21-33(26-12-8-5-9-13-26)38(36,37)27-16-14-25(30)15-17-27/h4-17,22-23H,18-21H2,1-3H3,(H,31,35)/t23-/m0/s1. The predicted octanol–water partition coefficient (Wildman–Crippen LogP) is 4.25. The van der Waals surface area contributed by atoms with Crippen LogP contribution in [0.2, 0.25) is 0 Å². The van der Waals surface area contributed by atoms with Gasteiger partial charge in [0, 0.05) is 13.1 Å². The number of hydrogen-bond acceptors (Lipinski definition) is 4. The number of rotatable bonds is 12. The van der Waals surface area contributed by atoms with E-state index in [1.807, 2.05) is 44.2 Å². The molecule has 3 rings (SSSR count). The van der Waals surface area contributed by atoms with Gasteiger partial charge in [-0.15, -0.1) is 0 Å². The largest absolute Gasteiger partial charge is 0.354 e. The second kappa shape index (κ2) is 13.2. The van der Waals surface area contributed by atoms with E-state index >= 15 is 0 Å². The number of hydrogen-bond donors (Lipinski definition) is 1. The molecule has 3 aromatic carbocycles. The van der Waals surface area contributed by atoms with Gasteiger partial charge in [0.05, 0.1) is 10.6 Å². The summed E-state index contributed by atoms with van der Waals surface area (Å²) in [4.78, 5) is 28.0. The molecule has 0 saturated heterocycles. The molecular formula is C29H34FN3O4S. The molecular weight excluding hydrogens is 505 g/mol. The lowest BCUT2D eigenvalue weighted by atomic mass is 10.1. The Labute approximate surface area is 224 Å². The van der Waals surface area contributed by atoms with Gasteiger partial charge in [-0.25, -0.2) is 12.8 Å². The molecule has 0 saturated carbocycles. The minimum Gasteiger partial charge on any atom is -0.354 e. The van der Waals surface area contributed by atoms with Crippen LogP contribution in [0.4, 0.5) is 10.1 Å². The average molecular weight is 540 g/mol. The second-order valence-corrected chi connectivity index (χ2v) is 11.3. The van der Waals surface area contributed by atoms with E-state index in [0.717, 1.165) is 22.0 Å². The van der Waals surface area contributed by atoms with Crippen molar-refractivity contribution in [2.24, 2.45) is 5.92 Å². The van der Waals surface area contributed by atoms with Crippen LogP contribution in [0.15, 0.2) is 89.8 Å². The lowest BCUT2D eigenvalue weighted by molar-refractivity contribution is -0.138. The molecule has 0 heterocycles. The van der Waals surface area contributed by atoms with Crippen LogP contribution in [-0.2, 0) is 26.0 Å². The number of carbonyl (C=O) groups is 2. The van der Waals surface area contributed by atoms with E-state index in [4.69, 9.17) is 0 Å². The van der Waals surface area contributed by atoms with Crippen LogP contribution in [0.5, 0.6) is 0 Å². The van der Waals surface area contributed by atoms with Crippen molar-refractivity contribution < 1.29 is 22.4 Å². The first-order chi connectivity index (χ1) is 18.1. The van der Waals surface area contributed by atoms with E-state index in [9.17, 15) is 22.4 Å².